The van der Waals surface area contributed by atoms with Gasteiger partial charge in [-0.15, -0.1) is 0 Å². The van der Waals surface area contributed by atoms with Crippen molar-refractivity contribution in [3.8, 4) is 0 Å². The summed E-state index contributed by atoms with van der Waals surface area (Å²) in [5.74, 6) is -0.413. The van der Waals surface area contributed by atoms with Crippen molar-refractivity contribution in [2.24, 2.45) is 0 Å². The zero-order valence-electron chi connectivity index (χ0n) is 7.93. The van der Waals surface area contributed by atoms with Crippen molar-refractivity contribution in [1.82, 2.24) is 19.7 Å². The third kappa shape index (κ3) is 1.71. The van der Waals surface area contributed by atoms with Crippen LogP contribution in [0.4, 0.5) is 0 Å². The topological polar surface area (TPSA) is 89.9 Å². The standard InChI is InChI=1S/C8H8N4O3/c1-5(13)15-4-12-7-6(2-11-12)8(14)10-3-9-7/h2-3H,4H2,1H3,(H,9,10,14). The fraction of sp³-hybridized carbons (Fsp3) is 0.250. The lowest BCUT2D eigenvalue weighted by atomic mass is 10.4. The van der Waals surface area contributed by atoms with E-state index in [1.807, 2.05) is 0 Å². The molecule has 0 aliphatic carbocycles. The molecule has 0 atom stereocenters. The van der Waals surface area contributed by atoms with Gasteiger partial charge in [-0.3, -0.25) is 9.59 Å². The molecule has 0 radical (unpaired) electrons. The van der Waals surface area contributed by atoms with Crippen LogP contribution in [0.2, 0.25) is 0 Å². The molecule has 0 amide bonds. The van der Waals surface area contributed by atoms with Crippen LogP contribution in [0.25, 0.3) is 11.0 Å². The Morgan fingerprint density at radius 2 is 2.47 bits per heavy atom. The number of esters is 1. The lowest BCUT2D eigenvalue weighted by Gasteiger charge is -2.01. The van der Waals surface area contributed by atoms with E-state index in [4.69, 9.17) is 4.74 Å². The molecule has 0 saturated carbocycles. The third-order valence-corrected chi connectivity index (χ3v) is 1.83. The molecule has 0 aromatic carbocycles. The monoisotopic (exact) mass is 208 g/mol. The van der Waals surface area contributed by atoms with E-state index in [0.29, 0.717) is 11.0 Å². The Kier molecular flexibility index (Phi) is 2.20. The van der Waals surface area contributed by atoms with Gasteiger partial charge in [-0.25, -0.2) is 9.67 Å². The third-order valence-electron chi connectivity index (χ3n) is 1.83. The first-order valence-electron chi connectivity index (χ1n) is 4.21. The summed E-state index contributed by atoms with van der Waals surface area (Å²) >= 11 is 0. The van der Waals surface area contributed by atoms with Crippen molar-refractivity contribution in [2.45, 2.75) is 13.7 Å². The maximum absolute atomic E-state index is 11.3. The van der Waals surface area contributed by atoms with Crippen LogP contribution in [0.1, 0.15) is 6.92 Å². The van der Waals surface area contributed by atoms with E-state index in [1.165, 1.54) is 24.1 Å². The summed E-state index contributed by atoms with van der Waals surface area (Å²) in [6.45, 7) is 1.25. The van der Waals surface area contributed by atoms with Gasteiger partial charge in [0.1, 0.15) is 5.39 Å². The maximum atomic E-state index is 11.3. The van der Waals surface area contributed by atoms with Gasteiger partial charge in [-0.1, -0.05) is 0 Å². The first-order chi connectivity index (χ1) is 7.18. The molecule has 0 bridgehead atoms. The summed E-state index contributed by atoms with van der Waals surface area (Å²) in [4.78, 5) is 28.2. The Balaban J connectivity index is 2.41. The highest BCUT2D eigenvalue weighted by Gasteiger charge is 2.07. The van der Waals surface area contributed by atoms with Crippen LogP contribution in [-0.4, -0.2) is 25.7 Å². The fourth-order valence-electron chi connectivity index (χ4n) is 1.15. The molecular formula is C8H8N4O3. The van der Waals surface area contributed by atoms with Crippen LogP contribution >= 0.6 is 0 Å². The van der Waals surface area contributed by atoms with Crippen molar-refractivity contribution in [3.63, 3.8) is 0 Å². The first kappa shape index (κ1) is 9.38. The van der Waals surface area contributed by atoms with Crippen LogP contribution in [-0.2, 0) is 16.3 Å². The molecule has 0 saturated heterocycles. The van der Waals surface area contributed by atoms with E-state index in [0.717, 1.165) is 0 Å². The molecule has 0 unspecified atom stereocenters. The summed E-state index contributed by atoms with van der Waals surface area (Å²) < 4.78 is 6.08. The predicted octanol–water partition coefficient (Wildman–Crippen LogP) is -0.360. The van der Waals surface area contributed by atoms with Gasteiger partial charge >= 0.3 is 5.97 Å². The quantitative estimate of drug-likeness (QED) is 0.680. The number of H-pyrrole nitrogens is 1. The molecule has 0 fully saturated rings. The Morgan fingerprint density at radius 3 is 3.20 bits per heavy atom. The summed E-state index contributed by atoms with van der Waals surface area (Å²) in [6, 6.07) is 0. The molecule has 1 N–H and O–H groups in total. The van der Waals surface area contributed by atoms with Gasteiger partial charge in [0, 0.05) is 6.92 Å². The average Bonchev–Trinajstić information content (AvgIpc) is 2.59. The minimum absolute atomic E-state index is 0.0463. The molecule has 2 aromatic rings. The van der Waals surface area contributed by atoms with Gasteiger partial charge in [-0.2, -0.15) is 5.10 Å². The maximum Gasteiger partial charge on any atom is 0.304 e. The van der Waals surface area contributed by atoms with E-state index < -0.39 is 5.97 Å². The largest absolute Gasteiger partial charge is 0.442 e. The normalized spacial score (nSPS) is 10.5. The molecule has 15 heavy (non-hydrogen) atoms. The zero-order valence-corrected chi connectivity index (χ0v) is 7.93. The van der Waals surface area contributed by atoms with Gasteiger partial charge in [0.05, 0.1) is 12.5 Å². The van der Waals surface area contributed by atoms with Gasteiger partial charge in [0.25, 0.3) is 5.56 Å². The SMILES string of the molecule is CC(=O)OCn1ncc2c(=O)[nH]cnc21. The highest BCUT2D eigenvalue weighted by atomic mass is 16.5. The number of aromatic amines is 1. The Bertz CT molecular complexity index is 556. The second-order valence-corrected chi connectivity index (χ2v) is 2.88. The Morgan fingerprint density at radius 1 is 1.67 bits per heavy atom. The summed E-state index contributed by atoms with van der Waals surface area (Å²) in [5, 5.41) is 4.25. The second-order valence-electron chi connectivity index (χ2n) is 2.88. The predicted molar refractivity (Wildman–Crippen MR) is 49.9 cm³/mol. The summed E-state index contributed by atoms with van der Waals surface area (Å²) in [7, 11) is 0. The zero-order chi connectivity index (χ0) is 10.8. The van der Waals surface area contributed by atoms with Crippen molar-refractivity contribution < 1.29 is 9.53 Å². The molecule has 78 valence electrons. The second kappa shape index (κ2) is 3.52. The summed E-state index contributed by atoms with van der Waals surface area (Å²) in [5.41, 5.74) is 0.120. The lowest BCUT2D eigenvalue weighted by molar-refractivity contribution is -0.144. The molecule has 2 aromatic heterocycles. The Hall–Kier alpha value is -2.18. The molecular weight excluding hydrogens is 200 g/mol. The van der Waals surface area contributed by atoms with Gasteiger partial charge < -0.3 is 9.72 Å². The highest BCUT2D eigenvalue weighted by molar-refractivity contribution is 5.72. The number of ether oxygens (including phenoxy) is 1. The molecule has 7 nitrogen and oxygen atoms in total. The van der Waals surface area contributed by atoms with E-state index in [-0.39, 0.29) is 12.3 Å². The van der Waals surface area contributed by atoms with E-state index in [2.05, 4.69) is 15.1 Å². The number of carbonyl (C=O) groups excluding carboxylic acids is 1. The molecule has 0 aliphatic heterocycles. The number of nitrogens with one attached hydrogen (secondary N) is 1. The van der Waals surface area contributed by atoms with E-state index >= 15 is 0 Å². The van der Waals surface area contributed by atoms with Crippen molar-refractivity contribution >= 4 is 17.0 Å². The molecule has 2 rings (SSSR count). The lowest BCUT2D eigenvalue weighted by Crippen LogP contribution is -2.10. The Labute approximate surface area is 83.7 Å². The number of fused-ring (bicyclic) bond motifs is 1. The number of hydrogen-bond donors (Lipinski definition) is 1. The molecule has 0 aliphatic rings. The van der Waals surface area contributed by atoms with Gasteiger partial charge in [0.15, 0.2) is 12.4 Å². The fourth-order valence-corrected chi connectivity index (χ4v) is 1.15. The molecule has 0 spiro atoms. The highest BCUT2D eigenvalue weighted by Crippen LogP contribution is 2.03. The minimum Gasteiger partial charge on any atom is -0.442 e. The van der Waals surface area contributed by atoms with E-state index in [9.17, 15) is 9.59 Å². The van der Waals surface area contributed by atoms with Crippen LogP contribution in [0, 0.1) is 0 Å². The van der Waals surface area contributed by atoms with Crippen LogP contribution < -0.4 is 5.56 Å². The van der Waals surface area contributed by atoms with Crippen LogP contribution in [0.5, 0.6) is 0 Å². The number of carbonyl (C=O) groups is 1. The first-order valence-corrected chi connectivity index (χ1v) is 4.21. The molecule has 2 heterocycles. The van der Waals surface area contributed by atoms with Gasteiger partial charge in [-0.05, 0) is 0 Å². The van der Waals surface area contributed by atoms with E-state index in [1.54, 1.807) is 0 Å². The van der Waals surface area contributed by atoms with Gasteiger partial charge in [0.2, 0.25) is 0 Å². The number of nitrogens with zero attached hydrogens (tertiary/aromatic N) is 3. The summed E-state index contributed by atoms with van der Waals surface area (Å²) in [6.07, 6.45) is 2.65. The van der Waals surface area contributed by atoms with Crippen molar-refractivity contribution in [2.75, 3.05) is 0 Å². The number of rotatable bonds is 2. The van der Waals surface area contributed by atoms with Crippen LogP contribution in [0.3, 0.4) is 0 Å². The average molecular weight is 208 g/mol. The number of hydrogen-bond acceptors (Lipinski definition) is 5. The number of aromatic nitrogens is 4. The molecule has 7 heteroatoms. The van der Waals surface area contributed by atoms with Crippen LogP contribution in [0.15, 0.2) is 17.3 Å². The smallest absolute Gasteiger partial charge is 0.304 e. The minimum atomic E-state index is -0.413. The van der Waals surface area contributed by atoms with Crippen molar-refractivity contribution in [1.29, 1.82) is 0 Å². The van der Waals surface area contributed by atoms with Crippen molar-refractivity contribution in [3.05, 3.63) is 22.9 Å².